The third-order valence-electron chi connectivity index (χ3n) is 3.53. The van der Waals surface area contributed by atoms with Crippen LogP contribution in [0.15, 0.2) is 30.3 Å². The lowest BCUT2D eigenvalue weighted by Gasteiger charge is -2.36. The Bertz CT molecular complexity index is 420. The molecule has 4 heteroatoms. The van der Waals surface area contributed by atoms with E-state index in [1.54, 1.807) is 0 Å². The molecular weight excluding hydrogens is 252 g/mol. The molecule has 1 atom stereocenters. The number of hydrogen-bond acceptors (Lipinski definition) is 3. The number of hydrogen-bond donors (Lipinski definition) is 1. The summed E-state index contributed by atoms with van der Waals surface area (Å²) >= 11 is 0. The van der Waals surface area contributed by atoms with Crippen molar-refractivity contribution >= 4 is 6.09 Å². The molecule has 1 fully saturated rings. The van der Waals surface area contributed by atoms with Gasteiger partial charge in [0.2, 0.25) is 0 Å². The van der Waals surface area contributed by atoms with Crippen molar-refractivity contribution in [1.82, 2.24) is 10.2 Å². The molecule has 0 saturated carbocycles. The van der Waals surface area contributed by atoms with E-state index in [9.17, 15) is 4.79 Å². The highest BCUT2D eigenvalue weighted by Gasteiger charge is 2.28. The molecule has 1 aromatic rings. The second-order valence-electron chi connectivity index (χ2n) is 5.72. The molecule has 1 aliphatic rings. The number of carbonyl (C=O) groups is 1. The van der Waals surface area contributed by atoms with Crippen LogP contribution in [0.3, 0.4) is 0 Å². The topological polar surface area (TPSA) is 41.6 Å². The zero-order valence-corrected chi connectivity index (χ0v) is 12.3. The van der Waals surface area contributed by atoms with Gasteiger partial charge in [0.25, 0.3) is 0 Å². The van der Waals surface area contributed by atoms with E-state index in [-0.39, 0.29) is 12.1 Å². The normalized spacial score (nSPS) is 19.1. The van der Waals surface area contributed by atoms with Crippen LogP contribution in [0.5, 0.6) is 0 Å². The van der Waals surface area contributed by atoms with E-state index in [1.807, 2.05) is 35.2 Å². The molecule has 0 aromatic heterocycles. The second-order valence-corrected chi connectivity index (χ2v) is 5.72. The maximum atomic E-state index is 12.2. The van der Waals surface area contributed by atoms with E-state index in [2.05, 4.69) is 19.2 Å². The summed E-state index contributed by atoms with van der Waals surface area (Å²) in [4.78, 5) is 14.1. The largest absolute Gasteiger partial charge is 0.445 e. The molecular formula is C16H24N2O2. The molecule has 0 radical (unpaired) electrons. The van der Waals surface area contributed by atoms with E-state index >= 15 is 0 Å². The Morgan fingerprint density at radius 2 is 2.15 bits per heavy atom. The Kier molecular flexibility index (Phi) is 5.41. The Hall–Kier alpha value is -1.55. The van der Waals surface area contributed by atoms with Crippen molar-refractivity contribution in [3.63, 3.8) is 0 Å². The van der Waals surface area contributed by atoms with Crippen LogP contribution >= 0.6 is 0 Å². The SMILES string of the molecule is CC(C)CC1CNCCN1C(=O)OCc1ccccc1. The Morgan fingerprint density at radius 1 is 1.40 bits per heavy atom. The van der Waals surface area contributed by atoms with Crippen molar-refractivity contribution in [3.8, 4) is 0 Å². The van der Waals surface area contributed by atoms with Gasteiger partial charge in [-0.05, 0) is 17.9 Å². The first-order chi connectivity index (χ1) is 9.66. The van der Waals surface area contributed by atoms with Crippen molar-refractivity contribution in [2.75, 3.05) is 19.6 Å². The summed E-state index contributed by atoms with van der Waals surface area (Å²) in [5.41, 5.74) is 1.02. The van der Waals surface area contributed by atoms with Crippen LogP contribution in [0.2, 0.25) is 0 Å². The van der Waals surface area contributed by atoms with Crippen molar-refractivity contribution in [3.05, 3.63) is 35.9 Å². The Balaban J connectivity index is 1.89. The zero-order valence-electron chi connectivity index (χ0n) is 12.3. The van der Waals surface area contributed by atoms with Gasteiger partial charge in [-0.2, -0.15) is 0 Å². The monoisotopic (exact) mass is 276 g/mol. The molecule has 1 N–H and O–H groups in total. The third-order valence-corrected chi connectivity index (χ3v) is 3.53. The smallest absolute Gasteiger partial charge is 0.410 e. The Morgan fingerprint density at radius 3 is 2.85 bits per heavy atom. The lowest BCUT2D eigenvalue weighted by atomic mass is 10.0. The fourth-order valence-corrected chi connectivity index (χ4v) is 2.56. The minimum absolute atomic E-state index is 0.194. The van der Waals surface area contributed by atoms with E-state index in [0.717, 1.165) is 31.6 Å². The maximum absolute atomic E-state index is 12.2. The van der Waals surface area contributed by atoms with E-state index in [1.165, 1.54) is 0 Å². The molecule has 1 aliphatic heterocycles. The van der Waals surface area contributed by atoms with Gasteiger partial charge in [-0.15, -0.1) is 0 Å². The number of amides is 1. The number of ether oxygens (including phenoxy) is 1. The summed E-state index contributed by atoms with van der Waals surface area (Å²) in [6.45, 7) is 7.14. The predicted octanol–water partition coefficient (Wildman–Crippen LogP) is 2.64. The van der Waals surface area contributed by atoms with Gasteiger partial charge in [0.05, 0.1) is 0 Å². The molecule has 1 saturated heterocycles. The second kappa shape index (κ2) is 7.29. The van der Waals surface area contributed by atoms with Crippen LogP contribution < -0.4 is 5.32 Å². The van der Waals surface area contributed by atoms with Gasteiger partial charge in [-0.1, -0.05) is 44.2 Å². The molecule has 1 unspecified atom stereocenters. The average Bonchev–Trinajstić information content (AvgIpc) is 2.46. The van der Waals surface area contributed by atoms with Crippen molar-refractivity contribution in [1.29, 1.82) is 0 Å². The van der Waals surface area contributed by atoms with Gasteiger partial charge in [0.15, 0.2) is 0 Å². The molecule has 4 nitrogen and oxygen atoms in total. The summed E-state index contributed by atoms with van der Waals surface area (Å²) in [6.07, 6.45) is 0.814. The van der Waals surface area contributed by atoms with E-state index in [4.69, 9.17) is 4.74 Å². The fourth-order valence-electron chi connectivity index (χ4n) is 2.56. The standard InChI is InChI=1S/C16H24N2O2/c1-13(2)10-15-11-17-8-9-18(15)16(19)20-12-14-6-4-3-5-7-14/h3-7,13,15,17H,8-12H2,1-2H3. The van der Waals surface area contributed by atoms with Crippen LogP contribution in [0.1, 0.15) is 25.8 Å². The average molecular weight is 276 g/mol. The summed E-state index contributed by atoms with van der Waals surface area (Å²) in [5.74, 6) is 0.573. The summed E-state index contributed by atoms with van der Waals surface area (Å²) < 4.78 is 5.44. The van der Waals surface area contributed by atoms with Gasteiger partial charge in [-0.25, -0.2) is 4.79 Å². The number of benzene rings is 1. The van der Waals surface area contributed by atoms with Crippen molar-refractivity contribution < 1.29 is 9.53 Å². The maximum Gasteiger partial charge on any atom is 0.410 e. The minimum Gasteiger partial charge on any atom is -0.445 e. The van der Waals surface area contributed by atoms with E-state index < -0.39 is 0 Å². The lowest BCUT2D eigenvalue weighted by Crippen LogP contribution is -2.54. The van der Waals surface area contributed by atoms with Gasteiger partial charge in [0, 0.05) is 25.7 Å². The van der Waals surface area contributed by atoms with Crippen LogP contribution in [0, 0.1) is 5.92 Å². The van der Waals surface area contributed by atoms with Gasteiger partial charge < -0.3 is 15.0 Å². The summed E-state index contributed by atoms with van der Waals surface area (Å²) in [6, 6.07) is 10.0. The molecule has 2 rings (SSSR count). The van der Waals surface area contributed by atoms with Crippen molar-refractivity contribution in [2.24, 2.45) is 5.92 Å². The summed E-state index contributed by atoms with van der Waals surface area (Å²) in [5, 5.41) is 3.35. The number of carbonyl (C=O) groups excluding carboxylic acids is 1. The summed E-state index contributed by atoms with van der Waals surface area (Å²) in [7, 11) is 0. The first-order valence-corrected chi connectivity index (χ1v) is 7.35. The van der Waals surface area contributed by atoms with Crippen LogP contribution in [0.25, 0.3) is 0 Å². The number of piperazine rings is 1. The minimum atomic E-state index is -0.194. The van der Waals surface area contributed by atoms with Crippen LogP contribution in [0.4, 0.5) is 4.79 Å². The first-order valence-electron chi connectivity index (χ1n) is 7.35. The molecule has 1 amide bonds. The quantitative estimate of drug-likeness (QED) is 0.919. The number of nitrogens with zero attached hydrogens (tertiary/aromatic N) is 1. The first kappa shape index (κ1) is 14.9. The van der Waals surface area contributed by atoms with Gasteiger partial charge in [-0.3, -0.25) is 0 Å². The highest BCUT2D eigenvalue weighted by Crippen LogP contribution is 2.15. The molecule has 0 spiro atoms. The highest BCUT2D eigenvalue weighted by atomic mass is 16.6. The molecule has 110 valence electrons. The van der Waals surface area contributed by atoms with Crippen molar-refractivity contribution in [2.45, 2.75) is 32.9 Å². The molecule has 0 bridgehead atoms. The van der Waals surface area contributed by atoms with Crippen LogP contribution in [-0.2, 0) is 11.3 Å². The molecule has 0 aliphatic carbocycles. The highest BCUT2D eigenvalue weighted by molar-refractivity contribution is 5.68. The lowest BCUT2D eigenvalue weighted by molar-refractivity contribution is 0.0674. The molecule has 1 heterocycles. The molecule has 20 heavy (non-hydrogen) atoms. The molecule has 1 aromatic carbocycles. The van der Waals surface area contributed by atoms with E-state index in [0.29, 0.717) is 12.5 Å². The predicted molar refractivity (Wildman–Crippen MR) is 79.4 cm³/mol. The number of nitrogens with one attached hydrogen (secondary N) is 1. The fraction of sp³-hybridized carbons (Fsp3) is 0.562. The van der Waals surface area contributed by atoms with Gasteiger partial charge >= 0.3 is 6.09 Å². The van der Waals surface area contributed by atoms with Gasteiger partial charge in [0.1, 0.15) is 6.61 Å². The van der Waals surface area contributed by atoms with Crippen LogP contribution in [-0.4, -0.2) is 36.7 Å². The zero-order chi connectivity index (χ0) is 14.4. The number of rotatable bonds is 4. The third kappa shape index (κ3) is 4.23. The Labute approximate surface area is 121 Å².